The third kappa shape index (κ3) is 5.66. The molecule has 1 N–H and O–H groups in total. The Morgan fingerprint density at radius 1 is 1.00 bits per heavy atom. The highest BCUT2D eigenvalue weighted by Crippen LogP contribution is 2.12. The van der Waals surface area contributed by atoms with Gasteiger partial charge >= 0.3 is 0 Å². The molecule has 1 fully saturated rings. The molecule has 31 heavy (non-hydrogen) atoms. The number of piperidine rings is 1. The summed E-state index contributed by atoms with van der Waals surface area (Å²) in [4.78, 5) is 26.6. The Morgan fingerprint density at radius 3 is 2.39 bits per heavy atom. The number of benzene rings is 2. The molecule has 7 nitrogen and oxygen atoms in total. The Hall–Kier alpha value is -3.74. The molecule has 0 unspecified atom stereocenters. The van der Waals surface area contributed by atoms with Crippen molar-refractivity contribution in [1.82, 2.24) is 25.2 Å². The number of aromatic nitrogens is 3. The lowest BCUT2D eigenvalue weighted by atomic mass is 10.0. The lowest BCUT2D eigenvalue weighted by Gasteiger charge is -2.31. The molecule has 1 saturated heterocycles. The van der Waals surface area contributed by atoms with Crippen LogP contribution in [-0.2, 0) is 11.3 Å². The van der Waals surface area contributed by atoms with E-state index in [0.717, 1.165) is 18.4 Å². The number of rotatable bonds is 6. The summed E-state index contributed by atoms with van der Waals surface area (Å²) in [6, 6.07) is 19.3. The summed E-state index contributed by atoms with van der Waals surface area (Å²) in [5, 5.41) is 11.3. The zero-order chi connectivity index (χ0) is 21.5. The van der Waals surface area contributed by atoms with Crippen molar-refractivity contribution in [2.45, 2.75) is 25.4 Å². The molecular weight excluding hydrogens is 390 g/mol. The first-order valence-corrected chi connectivity index (χ1v) is 10.4. The molecule has 0 spiro atoms. The van der Waals surface area contributed by atoms with Gasteiger partial charge < -0.3 is 10.2 Å². The normalized spacial score (nSPS) is 14.6. The predicted octanol–water partition coefficient (Wildman–Crippen LogP) is 2.76. The summed E-state index contributed by atoms with van der Waals surface area (Å²) in [5.74, 6) is -0.116. The molecule has 0 atom stereocenters. The van der Waals surface area contributed by atoms with E-state index in [1.807, 2.05) is 54.7 Å². The second kappa shape index (κ2) is 9.84. The maximum atomic E-state index is 12.5. The summed E-state index contributed by atoms with van der Waals surface area (Å²) in [6.45, 7) is 1.87. The van der Waals surface area contributed by atoms with Crippen molar-refractivity contribution < 1.29 is 9.59 Å². The maximum absolute atomic E-state index is 12.5. The third-order valence-corrected chi connectivity index (χ3v) is 5.32. The van der Waals surface area contributed by atoms with E-state index in [4.69, 9.17) is 0 Å². The highest BCUT2D eigenvalue weighted by Gasteiger charge is 2.23. The minimum absolute atomic E-state index is 0.0505. The summed E-state index contributed by atoms with van der Waals surface area (Å²) >= 11 is 0. The van der Waals surface area contributed by atoms with E-state index in [2.05, 4.69) is 15.6 Å². The van der Waals surface area contributed by atoms with Crippen LogP contribution in [0.2, 0.25) is 0 Å². The fourth-order valence-electron chi connectivity index (χ4n) is 3.60. The molecule has 3 aromatic rings. The van der Waals surface area contributed by atoms with Crippen LogP contribution in [0.25, 0.3) is 6.08 Å². The third-order valence-electron chi connectivity index (χ3n) is 5.32. The molecule has 2 amide bonds. The van der Waals surface area contributed by atoms with E-state index >= 15 is 0 Å². The van der Waals surface area contributed by atoms with Gasteiger partial charge in [0.2, 0.25) is 5.91 Å². The first-order chi connectivity index (χ1) is 15.2. The first kappa shape index (κ1) is 20.5. The first-order valence-electron chi connectivity index (χ1n) is 10.4. The second-order valence-corrected chi connectivity index (χ2v) is 7.60. The Labute approximate surface area is 181 Å². The van der Waals surface area contributed by atoms with Gasteiger partial charge in [0.15, 0.2) is 0 Å². The van der Waals surface area contributed by atoms with Crippen LogP contribution in [0.4, 0.5) is 0 Å². The van der Waals surface area contributed by atoms with Gasteiger partial charge in [-0.05, 0) is 36.6 Å². The number of nitrogens with one attached hydrogen (secondary N) is 1. The lowest BCUT2D eigenvalue weighted by molar-refractivity contribution is -0.127. The smallest absolute Gasteiger partial charge is 0.251 e. The Balaban J connectivity index is 1.24. The van der Waals surface area contributed by atoms with Crippen LogP contribution in [-0.4, -0.2) is 50.8 Å². The number of likely N-dealkylation sites (tertiary alicyclic amines) is 1. The predicted molar refractivity (Wildman–Crippen MR) is 118 cm³/mol. The van der Waals surface area contributed by atoms with Crippen LogP contribution in [0.5, 0.6) is 0 Å². The molecule has 0 bridgehead atoms. The van der Waals surface area contributed by atoms with Gasteiger partial charge in [-0.1, -0.05) is 53.7 Å². The lowest BCUT2D eigenvalue weighted by Crippen LogP contribution is -2.46. The molecule has 1 aliphatic heterocycles. The average Bonchev–Trinajstić information content (AvgIpc) is 3.26. The molecule has 4 rings (SSSR count). The molecule has 158 valence electrons. The van der Waals surface area contributed by atoms with Crippen molar-refractivity contribution >= 4 is 17.9 Å². The minimum Gasteiger partial charge on any atom is -0.349 e. The topological polar surface area (TPSA) is 80.1 Å². The molecule has 1 aliphatic rings. The molecule has 0 aliphatic carbocycles. The minimum atomic E-state index is -0.0659. The molecule has 7 heteroatoms. The van der Waals surface area contributed by atoms with Crippen LogP contribution < -0.4 is 5.32 Å². The van der Waals surface area contributed by atoms with Gasteiger partial charge in [0, 0.05) is 30.8 Å². The van der Waals surface area contributed by atoms with Gasteiger partial charge in [0.25, 0.3) is 5.91 Å². The zero-order valence-electron chi connectivity index (χ0n) is 17.2. The molecular formula is C24H25N5O2. The number of carbonyl (C=O) groups is 2. The van der Waals surface area contributed by atoms with E-state index in [1.165, 1.54) is 0 Å². The van der Waals surface area contributed by atoms with Gasteiger partial charge in [0.05, 0.1) is 12.7 Å². The summed E-state index contributed by atoms with van der Waals surface area (Å²) < 4.78 is 1.75. The molecule has 0 saturated carbocycles. The summed E-state index contributed by atoms with van der Waals surface area (Å²) in [7, 11) is 0. The van der Waals surface area contributed by atoms with E-state index in [0.29, 0.717) is 30.9 Å². The van der Waals surface area contributed by atoms with Crippen LogP contribution in [0.15, 0.2) is 72.9 Å². The zero-order valence-corrected chi connectivity index (χ0v) is 17.2. The van der Waals surface area contributed by atoms with E-state index in [-0.39, 0.29) is 17.9 Å². The standard InChI is InChI=1S/C24H25N5O2/c30-23(12-11-22-18-29(27-26-22)17-19-7-3-1-4-8-19)28-15-13-21(14-16-28)25-24(31)20-9-5-2-6-10-20/h1-12,18,21H,13-17H2,(H,25,31). The van der Waals surface area contributed by atoms with Gasteiger partial charge in [-0.2, -0.15) is 0 Å². The fourth-order valence-corrected chi connectivity index (χ4v) is 3.60. The molecule has 2 heterocycles. The van der Waals surface area contributed by atoms with E-state index in [1.54, 1.807) is 33.9 Å². The van der Waals surface area contributed by atoms with Crippen LogP contribution in [0, 0.1) is 0 Å². The fraction of sp³-hybridized carbons (Fsp3) is 0.250. The highest BCUT2D eigenvalue weighted by molar-refractivity contribution is 5.94. The van der Waals surface area contributed by atoms with Crippen molar-refractivity contribution in [3.05, 3.63) is 89.8 Å². The largest absolute Gasteiger partial charge is 0.349 e. The maximum Gasteiger partial charge on any atom is 0.251 e. The van der Waals surface area contributed by atoms with Gasteiger partial charge in [0.1, 0.15) is 5.69 Å². The molecule has 0 radical (unpaired) electrons. The molecule has 1 aromatic heterocycles. The summed E-state index contributed by atoms with van der Waals surface area (Å²) in [6.07, 6.45) is 6.54. The van der Waals surface area contributed by atoms with Crippen molar-refractivity contribution in [2.24, 2.45) is 0 Å². The Morgan fingerprint density at radius 2 is 1.68 bits per heavy atom. The number of carbonyl (C=O) groups excluding carboxylic acids is 2. The number of hydrogen-bond donors (Lipinski definition) is 1. The number of amides is 2. The van der Waals surface area contributed by atoms with Crippen molar-refractivity contribution in [2.75, 3.05) is 13.1 Å². The van der Waals surface area contributed by atoms with E-state index < -0.39 is 0 Å². The highest BCUT2D eigenvalue weighted by atomic mass is 16.2. The Bertz CT molecular complexity index is 1040. The van der Waals surface area contributed by atoms with Crippen LogP contribution in [0.3, 0.4) is 0 Å². The van der Waals surface area contributed by atoms with Crippen LogP contribution >= 0.6 is 0 Å². The van der Waals surface area contributed by atoms with E-state index in [9.17, 15) is 9.59 Å². The van der Waals surface area contributed by atoms with Gasteiger partial charge in [-0.3, -0.25) is 9.59 Å². The number of hydrogen-bond acceptors (Lipinski definition) is 4. The van der Waals surface area contributed by atoms with Gasteiger partial charge in [-0.15, -0.1) is 5.10 Å². The Kier molecular flexibility index (Phi) is 6.52. The van der Waals surface area contributed by atoms with Crippen molar-refractivity contribution in [3.63, 3.8) is 0 Å². The summed E-state index contributed by atoms with van der Waals surface area (Å²) in [5.41, 5.74) is 2.44. The van der Waals surface area contributed by atoms with Crippen molar-refractivity contribution in [1.29, 1.82) is 0 Å². The molecule has 2 aromatic carbocycles. The number of nitrogens with zero attached hydrogens (tertiary/aromatic N) is 4. The monoisotopic (exact) mass is 415 g/mol. The SMILES string of the molecule is O=C(NC1CCN(C(=O)C=Cc2cn(Cc3ccccc3)nn2)CC1)c1ccccc1. The van der Waals surface area contributed by atoms with Gasteiger partial charge in [-0.25, -0.2) is 4.68 Å². The second-order valence-electron chi connectivity index (χ2n) is 7.60. The van der Waals surface area contributed by atoms with Crippen LogP contribution in [0.1, 0.15) is 34.5 Å². The van der Waals surface area contributed by atoms with Crippen molar-refractivity contribution in [3.8, 4) is 0 Å². The average molecular weight is 415 g/mol. The quantitative estimate of drug-likeness (QED) is 0.628.